The highest BCUT2D eigenvalue weighted by atomic mass is 35.5. The summed E-state index contributed by atoms with van der Waals surface area (Å²) in [7, 11) is 0. The van der Waals surface area contributed by atoms with Crippen LogP contribution in [0.1, 0.15) is 18.2 Å². The van der Waals surface area contributed by atoms with E-state index in [0.717, 1.165) is 21.1 Å². The minimum atomic E-state index is -0.475. The largest absolute Gasteiger partial charge is 0.487 e. The maximum absolute atomic E-state index is 11.8. The van der Waals surface area contributed by atoms with E-state index in [4.69, 9.17) is 25.8 Å². The van der Waals surface area contributed by atoms with Crippen molar-refractivity contribution in [2.45, 2.75) is 35.7 Å². The van der Waals surface area contributed by atoms with Gasteiger partial charge in [0, 0.05) is 33.2 Å². The van der Waals surface area contributed by atoms with Gasteiger partial charge in [-0.15, -0.1) is 16.5 Å². The second kappa shape index (κ2) is 13.7. The number of pyridine rings is 1. The summed E-state index contributed by atoms with van der Waals surface area (Å²) in [6.45, 7) is 5.58. The lowest BCUT2D eigenvalue weighted by molar-refractivity contribution is 0.0486. The van der Waals surface area contributed by atoms with Crippen LogP contribution in [0.15, 0.2) is 75.2 Å². The first-order chi connectivity index (χ1) is 16.4. The zero-order valence-corrected chi connectivity index (χ0v) is 21.5. The summed E-state index contributed by atoms with van der Waals surface area (Å²) in [4.78, 5) is 13.9. The molecule has 0 radical (unpaired) electrons. The number of rotatable bonds is 13. The van der Waals surface area contributed by atoms with Crippen LogP contribution in [0.2, 0.25) is 5.02 Å². The lowest BCUT2D eigenvalue weighted by Crippen LogP contribution is -2.21. The minimum Gasteiger partial charge on any atom is -0.487 e. The first kappa shape index (κ1) is 26.5. The topological polar surface area (TPSA) is 69.9 Å². The van der Waals surface area contributed by atoms with Crippen LogP contribution in [0.3, 0.4) is 0 Å². The molecule has 6 nitrogen and oxygen atoms in total. The predicted molar refractivity (Wildman–Crippen MR) is 138 cm³/mol. The second-order valence-corrected chi connectivity index (χ2v) is 10.1. The highest BCUT2D eigenvalue weighted by Crippen LogP contribution is 2.31. The van der Waals surface area contributed by atoms with Crippen LogP contribution in [-0.2, 0) is 16.1 Å². The fourth-order valence-electron chi connectivity index (χ4n) is 3.01. The number of aryl methyl sites for hydroxylation is 1. The fraction of sp³-hybridized carbons (Fsp3) is 0.320. The number of halogens is 1. The van der Waals surface area contributed by atoms with Gasteiger partial charge < -0.3 is 19.4 Å². The summed E-state index contributed by atoms with van der Waals surface area (Å²) in [5.41, 5.74) is 0.612. The maximum Gasteiger partial charge on any atom is 0.283 e. The summed E-state index contributed by atoms with van der Waals surface area (Å²) >= 11 is 9.31. The van der Waals surface area contributed by atoms with Crippen LogP contribution in [-0.4, -0.2) is 40.9 Å². The summed E-state index contributed by atoms with van der Waals surface area (Å²) in [6.07, 6.45) is 0. The molecule has 3 aromatic rings. The summed E-state index contributed by atoms with van der Waals surface area (Å²) in [5, 5.41) is 10.6. The lowest BCUT2D eigenvalue weighted by Gasteiger charge is -2.18. The first-order valence-electron chi connectivity index (χ1n) is 10.8. The van der Waals surface area contributed by atoms with Crippen molar-refractivity contribution in [1.29, 1.82) is 0 Å². The third-order valence-electron chi connectivity index (χ3n) is 4.62. The number of hydrogen-bond donors (Lipinski definition) is 1. The summed E-state index contributed by atoms with van der Waals surface area (Å²) in [5.74, 6) is 1.37. The maximum atomic E-state index is 11.8. The van der Waals surface area contributed by atoms with Gasteiger partial charge in [0.1, 0.15) is 17.8 Å². The van der Waals surface area contributed by atoms with E-state index in [1.807, 2.05) is 55.5 Å². The Labute approximate surface area is 213 Å². The van der Waals surface area contributed by atoms with Crippen molar-refractivity contribution < 1.29 is 19.4 Å². The molecule has 0 fully saturated rings. The van der Waals surface area contributed by atoms with Crippen LogP contribution in [0.4, 0.5) is 0 Å². The van der Waals surface area contributed by atoms with E-state index >= 15 is 0 Å². The molecule has 182 valence electrons. The molecule has 1 heterocycles. The molecule has 34 heavy (non-hydrogen) atoms. The summed E-state index contributed by atoms with van der Waals surface area (Å²) in [6, 6.07) is 18.5. The monoisotopic (exact) mass is 521 g/mol. The quantitative estimate of drug-likeness (QED) is 0.130. The van der Waals surface area contributed by atoms with Crippen LogP contribution in [0, 0.1) is 6.92 Å². The van der Waals surface area contributed by atoms with E-state index in [0.29, 0.717) is 41.0 Å². The molecule has 1 N–H and O–H groups in total. The Balaban J connectivity index is 1.60. The van der Waals surface area contributed by atoms with Crippen molar-refractivity contribution in [3.8, 4) is 5.75 Å². The standard InChI is InChI=1S/C25H28ClNO5S2/c1-3-30-11-12-31-25(34-22-9-7-19(26)8-10-22)17-33-23-6-4-5-21(15-23)32-16-20-13-18(2)14-24(28)27(20)29/h4-10,13-15,25,29H,3,11-12,16-17H2,1-2H3. The van der Waals surface area contributed by atoms with E-state index in [1.165, 1.54) is 6.07 Å². The Hall–Kier alpha value is -2.10. The number of benzene rings is 2. The third kappa shape index (κ3) is 8.60. The number of hydrogen-bond acceptors (Lipinski definition) is 7. The molecule has 0 amide bonds. The smallest absolute Gasteiger partial charge is 0.283 e. The Bertz CT molecular complexity index is 1110. The molecule has 0 bridgehead atoms. The molecule has 3 rings (SSSR count). The van der Waals surface area contributed by atoms with Gasteiger partial charge in [-0.3, -0.25) is 4.79 Å². The van der Waals surface area contributed by atoms with Crippen molar-refractivity contribution >= 4 is 35.1 Å². The molecular formula is C25H28ClNO5S2. The van der Waals surface area contributed by atoms with Gasteiger partial charge in [0.25, 0.3) is 5.56 Å². The van der Waals surface area contributed by atoms with Gasteiger partial charge in [-0.05, 0) is 67.9 Å². The van der Waals surface area contributed by atoms with Gasteiger partial charge in [-0.2, -0.15) is 0 Å². The van der Waals surface area contributed by atoms with Crippen LogP contribution in [0.5, 0.6) is 5.75 Å². The van der Waals surface area contributed by atoms with Gasteiger partial charge in [0.2, 0.25) is 0 Å². The highest BCUT2D eigenvalue weighted by molar-refractivity contribution is 8.03. The number of thioether (sulfide) groups is 2. The highest BCUT2D eigenvalue weighted by Gasteiger charge is 2.13. The molecule has 0 saturated heterocycles. The Morgan fingerprint density at radius 3 is 2.62 bits per heavy atom. The molecule has 0 aliphatic carbocycles. The SMILES string of the molecule is CCOCCOC(CSc1cccc(OCc2cc(C)cc(=O)n2O)c1)Sc1ccc(Cl)cc1. The molecule has 1 aromatic heterocycles. The minimum absolute atomic E-state index is 0.0766. The van der Waals surface area contributed by atoms with Gasteiger partial charge in [0.05, 0.1) is 18.9 Å². The predicted octanol–water partition coefficient (Wildman–Crippen LogP) is 5.89. The summed E-state index contributed by atoms with van der Waals surface area (Å²) < 4.78 is 17.9. The van der Waals surface area contributed by atoms with E-state index < -0.39 is 5.56 Å². The molecule has 1 atom stereocenters. The van der Waals surface area contributed by atoms with Crippen molar-refractivity contribution in [2.24, 2.45) is 0 Å². The zero-order valence-electron chi connectivity index (χ0n) is 19.1. The molecule has 1 unspecified atom stereocenters. The molecule has 0 spiro atoms. The molecule has 0 saturated carbocycles. The van der Waals surface area contributed by atoms with Crippen LogP contribution >= 0.6 is 35.1 Å². The Morgan fingerprint density at radius 1 is 1.06 bits per heavy atom. The van der Waals surface area contributed by atoms with Crippen LogP contribution < -0.4 is 10.3 Å². The molecule has 0 aliphatic heterocycles. The molecular weight excluding hydrogens is 494 g/mol. The van der Waals surface area contributed by atoms with E-state index in [1.54, 1.807) is 36.5 Å². The van der Waals surface area contributed by atoms with E-state index in [-0.39, 0.29) is 12.0 Å². The van der Waals surface area contributed by atoms with Crippen molar-refractivity contribution in [1.82, 2.24) is 4.73 Å². The zero-order chi connectivity index (χ0) is 24.3. The van der Waals surface area contributed by atoms with Crippen molar-refractivity contribution in [2.75, 3.05) is 25.6 Å². The van der Waals surface area contributed by atoms with Gasteiger partial charge in [-0.1, -0.05) is 29.4 Å². The van der Waals surface area contributed by atoms with Gasteiger partial charge in [-0.25, -0.2) is 0 Å². The number of aromatic nitrogens is 1. The average Bonchev–Trinajstić information content (AvgIpc) is 2.83. The molecule has 2 aromatic carbocycles. The van der Waals surface area contributed by atoms with Crippen LogP contribution in [0.25, 0.3) is 0 Å². The number of nitrogens with zero attached hydrogens (tertiary/aromatic N) is 1. The van der Waals surface area contributed by atoms with Crippen molar-refractivity contribution in [3.63, 3.8) is 0 Å². The van der Waals surface area contributed by atoms with Gasteiger partial charge >= 0.3 is 0 Å². The first-order valence-corrected chi connectivity index (χ1v) is 13.1. The fourth-order valence-corrected chi connectivity index (χ4v) is 5.17. The molecule has 9 heteroatoms. The third-order valence-corrected chi connectivity index (χ3v) is 7.25. The van der Waals surface area contributed by atoms with Gasteiger partial charge in [0.15, 0.2) is 0 Å². The Morgan fingerprint density at radius 2 is 1.85 bits per heavy atom. The lowest BCUT2D eigenvalue weighted by atomic mass is 10.2. The second-order valence-electron chi connectivity index (χ2n) is 7.32. The molecule has 0 aliphatic rings. The number of ether oxygens (including phenoxy) is 3. The van der Waals surface area contributed by atoms with E-state index in [2.05, 4.69) is 0 Å². The Kier molecular flexibility index (Phi) is 10.7. The average molecular weight is 522 g/mol. The van der Waals surface area contributed by atoms with E-state index in [9.17, 15) is 10.0 Å². The van der Waals surface area contributed by atoms with Crippen molar-refractivity contribution in [3.05, 3.63) is 87.3 Å². The normalized spacial score (nSPS) is 12.0.